The van der Waals surface area contributed by atoms with Crippen LogP contribution in [0.15, 0.2) is 30.3 Å². The molecule has 0 unspecified atom stereocenters. The predicted molar refractivity (Wildman–Crippen MR) is 127 cm³/mol. The van der Waals surface area contributed by atoms with Crippen LogP contribution in [0.4, 0.5) is 5.69 Å². The number of methoxy groups -OCH3 is 1. The number of aliphatic hydroxyl groups is 1. The zero-order chi connectivity index (χ0) is 22.7. The molecule has 0 bridgehead atoms. The van der Waals surface area contributed by atoms with Crippen molar-refractivity contribution in [2.45, 2.75) is 64.5 Å². The van der Waals surface area contributed by atoms with Crippen LogP contribution >= 0.6 is 0 Å². The lowest BCUT2D eigenvalue weighted by Gasteiger charge is -2.46. The van der Waals surface area contributed by atoms with Crippen LogP contribution in [0.1, 0.15) is 70.1 Å². The number of fused-ring (bicyclic) bond motifs is 5. The molecule has 0 spiro atoms. The van der Waals surface area contributed by atoms with Crippen molar-refractivity contribution in [2.24, 2.45) is 5.41 Å². The van der Waals surface area contributed by atoms with Crippen LogP contribution in [0.5, 0.6) is 17.2 Å². The summed E-state index contributed by atoms with van der Waals surface area (Å²) in [5.74, 6) is 1.22. The molecule has 3 N–H and O–H groups in total. The molecule has 32 heavy (non-hydrogen) atoms. The molecule has 1 atom stereocenters. The average Bonchev–Trinajstić information content (AvgIpc) is 2.77. The van der Waals surface area contributed by atoms with E-state index in [1.165, 1.54) is 12.0 Å². The number of hydrogen-bond donors (Lipinski definition) is 3. The Morgan fingerprint density at radius 3 is 2.53 bits per heavy atom. The molecule has 2 heterocycles. The van der Waals surface area contributed by atoms with Gasteiger partial charge in [-0.2, -0.15) is 0 Å². The van der Waals surface area contributed by atoms with Crippen LogP contribution in [-0.2, 0) is 0 Å². The standard InChI is InChI=1S/C27H33NO4/c1-16-14-26(2,3)28-18-9-8-17-22-20(11-10-19(30)24(22)31-4)32-25(23(17)21(16)18)27(15-29)12-6-5-7-13-27/h8-11,14,25,28-30H,5-7,12-13,15H2,1-4H3/t25-/m0/s1. The maximum absolute atomic E-state index is 10.7. The van der Waals surface area contributed by atoms with Gasteiger partial charge in [0, 0.05) is 22.2 Å². The van der Waals surface area contributed by atoms with Gasteiger partial charge in [0.15, 0.2) is 11.5 Å². The summed E-state index contributed by atoms with van der Waals surface area (Å²) in [5, 5.41) is 24.9. The molecular weight excluding hydrogens is 402 g/mol. The van der Waals surface area contributed by atoms with E-state index in [2.05, 4.69) is 44.3 Å². The topological polar surface area (TPSA) is 71.0 Å². The first-order valence-corrected chi connectivity index (χ1v) is 11.6. The van der Waals surface area contributed by atoms with Crippen LogP contribution < -0.4 is 14.8 Å². The van der Waals surface area contributed by atoms with Gasteiger partial charge in [-0.15, -0.1) is 0 Å². The molecule has 1 saturated carbocycles. The van der Waals surface area contributed by atoms with Crippen molar-refractivity contribution >= 4 is 11.3 Å². The minimum atomic E-state index is -0.335. The predicted octanol–water partition coefficient (Wildman–Crippen LogP) is 6.05. The Morgan fingerprint density at radius 1 is 1.09 bits per heavy atom. The van der Waals surface area contributed by atoms with E-state index in [-0.39, 0.29) is 29.4 Å². The monoisotopic (exact) mass is 435 g/mol. The number of aliphatic hydroxyl groups excluding tert-OH is 1. The molecule has 170 valence electrons. The van der Waals surface area contributed by atoms with Crippen LogP contribution in [0.3, 0.4) is 0 Å². The maximum atomic E-state index is 10.7. The third kappa shape index (κ3) is 3.09. The van der Waals surface area contributed by atoms with Gasteiger partial charge in [0.25, 0.3) is 0 Å². The van der Waals surface area contributed by atoms with Gasteiger partial charge in [-0.3, -0.25) is 0 Å². The summed E-state index contributed by atoms with van der Waals surface area (Å²) in [6, 6.07) is 7.68. The molecule has 5 rings (SSSR count). The number of phenolic OH excluding ortho intramolecular Hbond substituents is 1. The second kappa shape index (κ2) is 7.45. The highest BCUT2D eigenvalue weighted by atomic mass is 16.5. The first kappa shape index (κ1) is 21.2. The Kier molecular flexibility index (Phi) is 4.93. The van der Waals surface area contributed by atoms with Gasteiger partial charge in [-0.1, -0.05) is 31.4 Å². The second-order valence-electron chi connectivity index (χ2n) is 10.2. The number of nitrogens with one attached hydrogen (secondary N) is 1. The summed E-state index contributed by atoms with van der Waals surface area (Å²) < 4.78 is 12.4. The molecule has 1 fully saturated rings. The summed E-state index contributed by atoms with van der Waals surface area (Å²) in [5.41, 5.74) is 5.81. The van der Waals surface area contributed by atoms with Gasteiger partial charge in [-0.05, 0) is 62.9 Å². The van der Waals surface area contributed by atoms with Crippen molar-refractivity contribution < 1.29 is 19.7 Å². The van der Waals surface area contributed by atoms with E-state index in [0.29, 0.717) is 11.5 Å². The fraction of sp³-hybridized carbons (Fsp3) is 0.481. The van der Waals surface area contributed by atoms with Crippen LogP contribution in [-0.4, -0.2) is 29.5 Å². The fourth-order valence-corrected chi connectivity index (χ4v) is 6.13. The van der Waals surface area contributed by atoms with E-state index in [9.17, 15) is 10.2 Å². The molecule has 2 aromatic carbocycles. The second-order valence-corrected chi connectivity index (χ2v) is 10.2. The number of aromatic hydroxyl groups is 1. The van der Waals surface area contributed by atoms with Crippen molar-refractivity contribution in [3.05, 3.63) is 41.5 Å². The quantitative estimate of drug-likeness (QED) is 0.547. The third-order valence-corrected chi connectivity index (χ3v) is 7.47. The summed E-state index contributed by atoms with van der Waals surface area (Å²) in [4.78, 5) is 0. The van der Waals surface area contributed by atoms with E-state index in [1.54, 1.807) is 13.2 Å². The zero-order valence-electron chi connectivity index (χ0n) is 19.4. The molecule has 2 aromatic rings. The van der Waals surface area contributed by atoms with Gasteiger partial charge < -0.3 is 25.0 Å². The Hall–Kier alpha value is -2.66. The van der Waals surface area contributed by atoms with Gasteiger partial charge in [0.1, 0.15) is 11.9 Å². The molecular formula is C27H33NO4. The van der Waals surface area contributed by atoms with E-state index in [0.717, 1.165) is 53.6 Å². The van der Waals surface area contributed by atoms with Gasteiger partial charge >= 0.3 is 0 Å². The lowest BCUT2D eigenvalue weighted by atomic mass is 9.66. The first-order valence-electron chi connectivity index (χ1n) is 11.6. The SMILES string of the molecule is COc1c(O)ccc2c1-c1ccc3c(c1[C@@H](C1(CO)CCCCC1)O2)C(C)=CC(C)(C)N3. The first-order chi connectivity index (χ1) is 15.3. The average molecular weight is 436 g/mol. The smallest absolute Gasteiger partial charge is 0.172 e. The van der Waals surface area contributed by atoms with Crippen LogP contribution in [0.25, 0.3) is 16.7 Å². The number of allylic oxidation sites excluding steroid dienone is 1. The Labute approximate surface area is 190 Å². The van der Waals surface area contributed by atoms with E-state index in [4.69, 9.17) is 9.47 Å². The number of benzene rings is 2. The maximum Gasteiger partial charge on any atom is 0.172 e. The molecule has 5 nitrogen and oxygen atoms in total. The molecule has 3 aliphatic rings. The highest BCUT2D eigenvalue weighted by Gasteiger charge is 2.47. The van der Waals surface area contributed by atoms with Crippen LogP contribution in [0.2, 0.25) is 0 Å². The minimum Gasteiger partial charge on any atom is -0.504 e. The van der Waals surface area contributed by atoms with Gasteiger partial charge in [-0.25, -0.2) is 0 Å². The number of rotatable bonds is 3. The summed E-state index contributed by atoms with van der Waals surface area (Å²) in [6.07, 6.45) is 7.24. The van der Waals surface area contributed by atoms with E-state index < -0.39 is 0 Å². The molecule has 2 aliphatic heterocycles. The lowest BCUT2D eigenvalue weighted by molar-refractivity contribution is -0.0316. The molecule has 0 radical (unpaired) electrons. The largest absolute Gasteiger partial charge is 0.504 e. The molecule has 0 amide bonds. The molecule has 0 aromatic heterocycles. The van der Waals surface area contributed by atoms with Crippen LogP contribution in [0, 0.1) is 5.41 Å². The number of ether oxygens (including phenoxy) is 2. The Morgan fingerprint density at radius 2 is 1.84 bits per heavy atom. The van der Waals surface area contributed by atoms with Crippen molar-refractivity contribution in [3.63, 3.8) is 0 Å². The normalized spacial score (nSPS) is 22.4. The Bertz CT molecular complexity index is 1100. The van der Waals surface area contributed by atoms with E-state index >= 15 is 0 Å². The van der Waals surface area contributed by atoms with E-state index in [1.807, 2.05) is 6.07 Å². The minimum absolute atomic E-state index is 0.0903. The summed E-state index contributed by atoms with van der Waals surface area (Å²) in [7, 11) is 1.57. The summed E-state index contributed by atoms with van der Waals surface area (Å²) in [6.45, 7) is 6.58. The van der Waals surface area contributed by atoms with Crippen molar-refractivity contribution in [1.29, 1.82) is 0 Å². The molecule has 5 heteroatoms. The lowest BCUT2D eigenvalue weighted by Crippen LogP contribution is -2.40. The summed E-state index contributed by atoms with van der Waals surface area (Å²) >= 11 is 0. The number of hydrogen-bond acceptors (Lipinski definition) is 5. The van der Waals surface area contributed by atoms with Crippen molar-refractivity contribution in [2.75, 3.05) is 19.0 Å². The number of phenols is 1. The third-order valence-electron chi connectivity index (χ3n) is 7.47. The number of anilines is 1. The molecule has 0 saturated heterocycles. The highest BCUT2D eigenvalue weighted by molar-refractivity contribution is 5.92. The molecule has 1 aliphatic carbocycles. The van der Waals surface area contributed by atoms with Gasteiger partial charge in [0.05, 0.1) is 24.8 Å². The van der Waals surface area contributed by atoms with Crippen molar-refractivity contribution in [3.8, 4) is 28.4 Å². The van der Waals surface area contributed by atoms with Gasteiger partial charge in [0.2, 0.25) is 0 Å². The zero-order valence-corrected chi connectivity index (χ0v) is 19.4. The van der Waals surface area contributed by atoms with Crippen molar-refractivity contribution in [1.82, 2.24) is 0 Å². The fourth-order valence-electron chi connectivity index (χ4n) is 6.13. The highest BCUT2D eigenvalue weighted by Crippen LogP contribution is 2.59. The Balaban J connectivity index is 1.82.